The third kappa shape index (κ3) is 3.40. The molecule has 1 aliphatic rings. The molecular weight excluding hydrogens is 332 g/mol. The van der Waals surface area contributed by atoms with E-state index in [0.29, 0.717) is 11.8 Å². The van der Waals surface area contributed by atoms with E-state index in [9.17, 15) is 0 Å². The number of hydrogen-bond acceptors (Lipinski definition) is 3. The van der Waals surface area contributed by atoms with E-state index >= 15 is 0 Å². The predicted octanol–water partition coefficient (Wildman–Crippen LogP) is 4.78. The van der Waals surface area contributed by atoms with Crippen molar-refractivity contribution >= 4 is 11.6 Å². The topological polar surface area (TPSA) is 25.4 Å². The number of rotatable bonds is 5. The van der Waals surface area contributed by atoms with Gasteiger partial charge in [-0.05, 0) is 62.5 Å². The second-order valence-corrected chi connectivity index (χ2v) is 7.38. The Balaban J connectivity index is 2.13. The number of pyridine rings is 1. The summed E-state index contributed by atoms with van der Waals surface area (Å²) in [5.41, 5.74) is 2.35. The van der Waals surface area contributed by atoms with Crippen molar-refractivity contribution in [3.05, 3.63) is 58.7 Å². The summed E-state index contributed by atoms with van der Waals surface area (Å²) in [6.07, 6.45) is 5.31. The Kier molecular flexibility index (Phi) is 5.65. The zero-order valence-corrected chi connectivity index (χ0v) is 16.1. The number of hydrogen-bond donors (Lipinski definition) is 0. The standard InChI is InChI=1S/C21H27ClN2O/c1-4-21(16-11-13-24(2)14-12-16,18-7-5-6-8-19(18)22)17-9-10-20(25-3)23-15-17/h5-10,15-16H,4,11-14H2,1-3H3. The van der Waals surface area contributed by atoms with E-state index in [-0.39, 0.29) is 5.41 Å². The Bertz CT molecular complexity index is 695. The lowest BCUT2D eigenvalue weighted by molar-refractivity contribution is 0.161. The summed E-state index contributed by atoms with van der Waals surface area (Å²) in [4.78, 5) is 6.91. The Morgan fingerprint density at radius 3 is 2.48 bits per heavy atom. The van der Waals surface area contributed by atoms with Gasteiger partial charge in [0.15, 0.2) is 0 Å². The summed E-state index contributed by atoms with van der Waals surface area (Å²) in [6.45, 7) is 4.52. The third-order valence-electron chi connectivity index (χ3n) is 5.79. The largest absolute Gasteiger partial charge is 0.481 e. The van der Waals surface area contributed by atoms with E-state index in [1.165, 1.54) is 24.0 Å². The summed E-state index contributed by atoms with van der Waals surface area (Å²) >= 11 is 6.69. The minimum Gasteiger partial charge on any atom is -0.481 e. The molecule has 134 valence electrons. The summed E-state index contributed by atoms with van der Waals surface area (Å²) in [5.74, 6) is 1.19. The van der Waals surface area contributed by atoms with E-state index < -0.39 is 0 Å². The van der Waals surface area contributed by atoms with Crippen LogP contribution in [0.25, 0.3) is 0 Å². The lowest BCUT2D eigenvalue weighted by Crippen LogP contribution is -2.43. The van der Waals surface area contributed by atoms with E-state index in [0.717, 1.165) is 24.5 Å². The normalized spacial score (nSPS) is 18.7. The van der Waals surface area contributed by atoms with Gasteiger partial charge in [0.25, 0.3) is 0 Å². The molecule has 2 aromatic rings. The van der Waals surface area contributed by atoms with Gasteiger partial charge in [0.2, 0.25) is 5.88 Å². The first kappa shape index (κ1) is 18.2. The van der Waals surface area contributed by atoms with Gasteiger partial charge in [0.1, 0.15) is 0 Å². The third-order valence-corrected chi connectivity index (χ3v) is 6.12. The Hall–Kier alpha value is -1.58. The van der Waals surface area contributed by atoms with Gasteiger partial charge in [-0.2, -0.15) is 0 Å². The lowest BCUT2D eigenvalue weighted by atomic mass is 9.61. The molecule has 0 N–H and O–H groups in total. The van der Waals surface area contributed by atoms with Crippen molar-refractivity contribution in [2.45, 2.75) is 31.6 Å². The van der Waals surface area contributed by atoms with Crippen LogP contribution < -0.4 is 4.74 Å². The fourth-order valence-corrected chi connectivity index (χ4v) is 4.69. The average molecular weight is 359 g/mol. The van der Waals surface area contributed by atoms with Crippen LogP contribution in [0.1, 0.15) is 37.3 Å². The van der Waals surface area contributed by atoms with Gasteiger partial charge in [0.05, 0.1) is 7.11 Å². The van der Waals surface area contributed by atoms with Crippen molar-refractivity contribution in [3.63, 3.8) is 0 Å². The first-order chi connectivity index (χ1) is 12.1. The van der Waals surface area contributed by atoms with E-state index in [2.05, 4.69) is 42.1 Å². The molecular formula is C21H27ClN2O. The number of nitrogens with zero attached hydrogens (tertiary/aromatic N) is 2. The van der Waals surface area contributed by atoms with Crippen LogP contribution in [0.2, 0.25) is 5.02 Å². The maximum atomic E-state index is 6.69. The highest BCUT2D eigenvalue weighted by molar-refractivity contribution is 6.31. The molecule has 3 nitrogen and oxygen atoms in total. The summed E-state index contributed by atoms with van der Waals surface area (Å²) in [6, 6.07) is 12.4. The molecule has 0 amide bonds. The highest BCUT2D eigenvalue weighted by Crippen LogP contribution is 2.48. The fraction of sp³-hybridized carbons (Fsp3) is 0.476. The van der Waals surface area contributed by atoms with Crippen molar-refractivity contribution in [2.75, 3.05) is 27.2 Å². The SMILES string of the molecule is CCC(c1ccc(OC)nc1)(c1ccccc1Cl)C1CCN(C)CC1. The van der Waals surface area contributed by atoms with E-state index in [1.807, 2.05) is 24.4 Å². The molecule has 1 fully saturated rings. The number of benzene rings is 1. The number of aromatic nitrogens is 1. The first-order valence-electron chi connectivity index (χ1n) is 9.06. The number of halogens is 1. The monoisotopic (exact) mass is 358 g/mol. The van der Waals surface area contributed by atoms with Crippen LogP contribution in [0, 0.1) is 5.92 Å². The van der Waals surface area contributed by atoms with E-state index in [4.69, 9.17) is 16.3 Å². The van der Waals surface area contributed by atoms with Gasteiger partial charge < -0.3 is 9.64 Å². The predicted molar refractivity (Wildman–Crippen MR) is 104 cm³/mol. The molecule has 0 bridgehead atoms. The fourth-order valence-electron chi connectivity index (χ4n) is 4.38. The van der Waals surface area contributed by atoms with E-state index in [1.54, 1.807) is 7.11 Å². The Morgan fingerprint density at radius 1 is 1.20 bits per heavy atom. The molecule has 0 spiro atoms. The molecule has 25 heavy (non-hydrogen) atoms. The zero-order chi connectivity index (χ0) is 17.9. The summed E-state index contributed by atoms with van der Waals surface area (Å²) < 4.78 is 5.26. The smallest absolute Gasteiger partial charge is 0.212 e. The van der Waals surface area contributed by atoms with Crippen LogP contribution in [0.4, 0.5) is 0 Å². The summed E-state index contributed by atoms with van der Waals surface area (Å²) in [5, 5.41) is 0.846. The second-order valence-electron chi connectivity index (χ2n) is 6.97. The van der Waals surface area contributed by atoms with Crippen molar-refractivity contribution in [2.24, 2.45) is 5.92 Å². The van der Waals surface area contributed by atoms with Crippen LogP contribution in [-0.2, 0) is 5.41 Å². The highest BCUT2D eigenvalue weighted by atomic mass is 35.5. The average Bonchev–Trinajstić information content (AvgIpc) is 2.66. The lowest BCUT2D eigenvalue weighted by Gasteiger charge is -2.45. The molecule has 0 saturated carbocycles. The quantitative estimate of drug-likeness (QED) is 0.769. The molecule has 1 aliphatic heterocycles. The zero-order valence-electron chi connectivity index (χ0n) is 15.3. The number of likely N-dealkylation sites (tertiary alicyclic amines) is 1. The molecule has 0 radical (unpaired) electrons. The van der Waals surface area contributed by atoms with Gasteiger partial charge in [-0.3, -0.25) is 0 Å². The number of ether oxygens (including phenoxy) is 1. The van der Waals surface area contributed by atoms with Crippen LogP contribution in [0.5, 0.6) is 5.88 Å². The Labute approximate surface area is 156 Å². The van der Waals surface area contributed by atoms with Crippen molar-refractivity contribution < 1.29 is 4.74 Å². The summed E-state index contributed by atoms with van der Waals surface area (Å²) in [7, 11) is 3.86. The van der Waals surface area contributed by atoms with Crippen molar-refractivity contribution in [3.8, 4) is 5.88 Å². The molecule has 3 rings (SSSR count). The van der Waals surface area contributed by atoms with Gasteiger partial charge in [-0.1, -0.05) is 42.8 Å². The van der Waals surface area contributed by atoms with Crippen LogP contribution >= 0.6 is 11.6 Å². The number of piperidine rings is 1. The minimum atomic E-state index is -0.112. The van der Waals surface area contributed by atoms with Gasteiger partial charge in [-0.15, -0.1) is 0 Å². The highest BCUT2D eigenvalue weighted by Gasteiger charge is 2.42. The first-order valence-corrected chi connectivity index (χ1v) is 9.43. The molecule has 1 aromatic heterocycles. The molecule has 1 aromatic carbocycles. The van der Waals surface area contributed by atoms with Crippen LogP contribution in [0.15, 0.2) is 42.6 Å². The molecule has 4 heteroatoms. The molecule has 1 saturated heterocycles. The van der Waals surface area contributed by atoms with Crippen LogP contribution in [0.3, 0.4) is 0 Å². The van der Waals surface area contributed by atoms with Crippen molar-refractivity contribution in [1.82, 2.24) is 9.88 Å². The molecule has 2 heterocycles. The molecule has 0 aliphatic carbocycles. The van der Waals surface area contributed by atoms with Crippen LogP contribution in [-0.4, -0.2) is 37.1 Å². The Morgan fingerprint density at radius 2 is 1.92 bits per heavy atom. The number of methoxy groups -OCH3 is 1. The molecule has 1 atom stereocenters. The molecule has 1 unspecified atom stereocenters. The second kappa shape index (κ2) is 7.76. The van der Waals surface area contributed by atoms with Crippen molar-refractivity contribution in [1.29, 1.82) is 0 Å². The minimum absolute atomic E-state index is 0.112. The van der Waals surface area contributed by atoms with Gasteiger partial charge in [0, 0.05) is 22.7 Å². The van der Waals surface area contributed by atoms with Gasteiger partial charge in [-0.25, -0.2) is 4.98 Å². The maximum Gasteiger partial charge on any atom is 0.212 e. The van der Waals surface area contributed by atoms with Gasteiger partial charge >= 0.3 is 0 Å². The maximum absolute atomic E-state index is 6.69.